The van der Waals surface area contributed by atoms with Crippen LogP contribution in [-0.2, 0) is 11.3 Å². The van der Waals surface area contributed by atoms with Crippen LogP contribution in [0.15, 0.2) is 88.8 Å². The third-order valence-electron chi connectivity index (χ3n) is 5.49. The van der Waals surface area contributed by atoms with E-state index in [2.05, 4.69) is 10.3 Å². The van der Waals surface area contributed by atoms with Crippen molar-refractivity contribution in [3.63, 3.8) is 0 Å². The number of fused-ring (bicyclic) bond motifs is 3. The predicted octanol–water partition coefficient (Wildman–Crippen LogP) is 4.28. The summed E-state index contributed by atoms with van der Waals surface area (Å²) in [5, 5.41) is 4.20. The molecule has 0 radical (unpaired) electrons. The van der Waals surface area contributed by atoms with Crippen LogP contribution in [0.5, 0.6) is 5.75 Å². The highest BCUT2D eigenvalue weighted by Gasteiger charge is 2.20. The minimum absolute atomic E-state index is 0.113. The third kappa shape index (κ3) is 4.15. The van der Waals surface area contributed by atoms with Gasteiger partial charge >= 0.3 is 0 Å². The molecule has 5 aromatic rings. The van der Waals surface area contributed by atoms with Crippen LogP contribution in [0.25, 0.3) is 27.6 Å². The normalized spacial score (nSPS) is 11.1. The van der Waals surface area contributed by atoms with Crippen molar-refractivity contribution in [1.29, 1.82) is 0 Å². The number of H-pyrrole nitrogens is 1. The molecule has 2 aromatic heterocycles. The van der Waals surface area contributed by atoms with Crippen molar-refractivity contribution in [3.8, 4) is 11.4 Å². The molecule has 2 N–H and O–H groups in total. The monoisotopic (exact) mass is 470 g/mol. The van der Waals surface area contributed by atoms with E-state index in [0.717, 1.165) is 16.5 Å². The minimum Gasteiger partial charge on any atom is -0.495 e. The molecule has 0 saturated carbocycles. The number of nitrogens with one attached hydrogen (secondary N) is 2. The van der Waals surface area contributed by atoms with Gasteiger partial charge in [-0.15, -0.1) is 0 Å². The number of carbonyl (C=O) groups excluding carboxylic acids is 1. The first-order valence-electron chi connectivity index (χ1n) is 10.8. The van der Waals surface area contributed by atoms with E-state index in [0.29, 0.717) is 34.2 Å². The second kappa shape index (κ2) is 9.44. The lowest BCUT2D eigenvalue weighted by Gasteiger charge is -2.15. The van der Waals surface area contributed by atoms with Crippen molar-refractivity contribution in [2.75, 3.05) is 12.9 Å². The van der Waals surface area contributed by atoms with E-state index in [-0.39, 0.29) is 17.2 Å². The van der Waals surface area contributed by atoms with Crippen LogP contribution in [0.2, 0.25) is 0 Å². The number of rotatable bonds is 7. The zero-order valence-corrected chi connectivity index (χ0v) is 19.3. The van der Waals surface area contributed by atoms with Crippen LogP contribution in [0.4, 0.5) is 0 Å². The number of para-hydroxylation sites is 3. The number of thioether (sulfide) groups is 1. The summed E-state index contributed by atoms with van der Waals surface area (Å²) in [6.07, 6.45) is 0. The average molecular weight is 471 g/mol. The van der Waals surface area contributed by atoms with Crippen LogP contribution >= 0.6 is 11.8 Å². The molecule has 7 nitrogen and oxygen atoms in total. The smallest absolute Gasteiger partial charge is 0.283 e. The zero-order valence-electron chi connectivity index (χ0n) is 18.4. The molecule has 0 atom stereocenters. The Kier molecular flexibility index (Phi) is 6.05. The molecule has 34 heavy (non-hydrogen) atoms. The molecular formula is C26H22N4O3S. The first-order chi connectivity index (χ1) is 16.7. The highest BCUT2D eigenvalue weighted by atomic mass is 32.2. The number of carbonyl (C=O) groups is 1. The van der Waals surface area contributed by atoms with Crippen LogP contribution in [0, 0.1) is 0 Å². The molecule has 2 heterocycles. The van der Waals surface area contributed by atoms with Crippen molar-refractivity contribution in [3.05, 3.63) is 94.8 Å². The van der Waals surface area contributed by atoms with Gasteiger partial charge < -0.3 is 15.0 Å². The number of hydrogen-bond donors (Lipinski definition) is 2. The van der Waals surface area contributed by atoms with Gasteiger partial charge in [0.05, 0.1) is 18.6 Å². The molecule has 0 fully saturated rings. The van der Waals surface area contributed by atoms with Crippen molar-refractivity contribution in [1.82, 2.24) is 19.9 Å². The van der Waals surface area contributed by atoms with Crippen molar-refractivity contribution >= 4 is 39.6 Å². The molecule has 8 heteroatoms. The Bertz CT molecular complexity index is 1540. The summed E-state index contributed by atoms with van der Waals surface area (Å²) in [5.74, 6) is 0.508. The van der Waals surface area contributed by atoms with Crippen LogP contribution in [0.3, 0.4) is 0 Å². The summed E-state index contributed by atoms with van der Waals surface area (Å²) in [6, 6.07) is 24.6. The van der Waals surface area contributed by atoms with E-state index < -0.39 is 0 Å². The van der Waals surface area contributed by atoms with E-state index in [9.17, 15) is 9.59 Å². The fourth-order valence-electron chi connectivity index (χ4n) is 3.84. The molecule has 0 bridgehead atoms. The maximum absolute atomic E-state index is 13.7. The zero-order chi connectivity index (χ0) is 23.5. The van der Waals surface area contributed by atoms with Gasteiger partial charge in [-0.1, -0.05) is 72.4 Å². The molecular weight excluding hydrogens is 448 g/mol. The highest BCUT2D eigenvalue weighted by Crippen LogP contribution is 2.29. The third-order valence-corrected chi connectivity index (χ3v) is 6.42. The second-order valence-corrected chi connectivity index (χ2v) is 8.59. The molecule has 0 spiro atoms. The Balaban J connectivity index is 1.54. The molecule has 0 aliphatic rings. The van der Waals surface area contributed by atoms with Gasteiger partial charge in [-0.25, -0.2) is 9.55 Å². The first-order valence-corrected chi connectivity index (χ1v) is 11.7. The maximum atomic E-state index is 13.7. The Morgan fingerprint density at radius 2 is 1.76 bits per heavy atom. The van der Waals surface area contributed by atoms with E-state index in [1.54, 1.807) is 19.2 Å². The summed E-state index contributed by atoms with van der Waals surface area (Å²) < 4.78 is 7.01. The molecule has 0 saturated heterocycles. The Labute approximate surface area is 199 Å². The predicted molar refractivity (Wildman–Crippen MR) is 135 cm³/mol. The number of hydrogen-bond acceptors (Lipinski definition) is 5. The summed E-state index contributed by atoms with van der Waals surface area (Å²) in [5.41, 5.74) is 3.15. The van der Waals surface area contributed by atoms with Gasteiger partial charge in [-0.2, -0.15) is 0 Å². The van der Waals surface area contributed by atoms with Crippen molar-refractivity contribution in [2.24, 2.45) is 0 Å². The van der Waals surface area contributed by atoms with E-state index in [4.69, 9.17) is 9.72 Å². The molecule has 1 amide bonds. The Morgan fingerprint density at radius 3 is 2.59 bits per heavy atom. The van der Waals surface area contributed by atoms with Gasteiger partial charge in [0, 0.05) is 17.4 Å². The number of nitrogens with zero attached hydrogens (tertiary/aromatic N) is 2. The SMILES string of the molecule is COc1ccccc1-n1c(SCC(=O)NCc2ccccc2)nc2c([nH]c3ccccc32)c1=O. The van der Waals surface area contributed by atoms with Gasteiger partial charge in [0.2, 0.25) is 5.91 Å². The topological polar surface area (TPSA) is 89.0 Å². The molecule has 170 valence electrons. The number of aromatic amines is 1. The van der Waals surface area contributed by atoms with Gasteiger partial charge in [-0.05, 0) is 23.8 Å². The Morgan fingerprint density at radius 1 is 1.03 bits per heavy atom. The Hall–Kier alpha value is -4.04. The van der Waals surface area contributed by atoms with Gasteiger partial charge in [0.1, 0.15) is 16.8 Å². The largest absolute Gasteiger partial charge is 0.495 e. The van der Waals surface area contributed by atoms with Gasteiger partial charge in [-0.3, -0.25) is 9.59 Å². The van der Waals surface area contributed by atoms with Crippen molar-refractivity contribution in [2.45, 2.75) is 11.7 Å². The number of benzene rings is 3. The standard InChI is InChI=1S/C26H22N4O3S/c1-33-21-14-8-7-13-20(21)30-25(32)24-23(18-11-5-6-12-19(18)28-24)29-26(30)34-16-22(31)27-15-17-9-3-2-4-10-17/h2-14,28H,15-16H2,1H3,(H,27,31). The first kappa shape index (κ1) is 21.8. The average Bonchev–Trinajstić information content (AvgIpc) is 3.26. The second-order valence-electron chi connectivity index (χ2n) is 7.65. The van der Waals surface area contributed by atoms with E-state index in [1.807, 2.05) is 66.7 Å². The lowest BCUT2D eigenvalue weighted by molar-refractivity contribution is -0.118. The quantitative estimate of drug-likeness (QED) is 0.274. The summed E-state index contributed by atoms with van der Waals surface area (Å²) >= 11 is 1.22. The fourth-order valence-corrected chi connectivity index (χ4v) is 4.67. The molecule has 3 aromatic carbocycles. The lowest BCUT2D eigenvalue weighted by atomic mass is 10.2. The van der Waals surface area contributed by atoms with Crippen molar-refractivity contribution < 1.29 is 9.53 Å². The van der Waals surface area contributed by atoms with Gasteiger partial charge in [0.25, 0.3) is 5.56 Å². The van der Waals surface area contributed by atoms with Crippen LogP contribution in [-0.4, -0.2) is 33.3 Å². The van der Waals surface area contributed by atoms with E-state index in [1.165, 1.54) is 16.3 Å². The molecule has 0 unspecified atom stereocenters. The molecule has 0 aliphatic carbocycles. The minimum atomic E-state index is -0.252. The highest BCUT2D eigenvalue weighted by molar-refractivity contribution is 7.99. The number of amides is 1. The maximum Gasteiger partial charge on any atom is 0.283 e. The van der Waals surface area contributed by atoms with Gasteiger partial charge in [0.15, 0.2) is 5.16 Å². The van der Waals surface area contributed by atoms with E-state index >= 15 is 0 Å². The number of aromatic nitrogens is 3. The molecule has 5 rings (SSSR count). The summed E-state index contributed by atoms with van der Waals surface area (Å²) in [4.78, 5) is 34.3. The number of methoxy groups -OCH3 is 1. The summed E-state index contributed by atoms with van der Waals surface area (Å²) in [6.45, 7) is 0.439. The fraction of sp³-hybridized carbons (Fsp3) is 0.115. The molecule has 0 aliphatic heterocycles. The van der Waals surface area contributed by atoms with Crippen LogP contribution < -0.4 is 15.6 Å². The van der Waals surface area contributed by atoms with Crippen LogP contribution in [0.1, 0.15) is 5.56 Å². The lowest BCUT2D eigenvalue weighted by Crippen LogP contribution is -2.26. The number of ether oxygens (including phenoxy) is 1. The summed E-state index contributed by atoms with van der Waals surface area (Å²) in [7, 11) is 1.56.